The van der Waals surface area contributed by atoms with E-state index in [9.17, 15) is 12.8 Å². The lowest BCUT2D eigenvalue weighted by molar-refractivity contribution is 0.599. The molecule has 28 heavy (non-hydrogen) atoms. The molecule has 0 amide bonds. The zero-order chi connectivity index (χ0) is 19.9. The molecule has 0 atom stereocenters. The van der Waals surface area contributed by atoms with Gasteiger partial charge in [-0.05, 0) is 67.1 Å². The van der Waals surface area contributed by atoms with Crippen molar-refractivity contribution in [2.24, 2.45) is 0 Å². The Morgan fingerprint density at radius 1 is 1.04 bits per heavy atom. The molecule has 4 aromatic rings. The molecule has 1 heterocycles. The first-order chi connectivity index (χ1) is 13.3. The van der Waals surface area contributed by atoms with E-state index in [1.54, 1.807) is 35.6 Å². The van der Waals surface area contributed by atoms with Gasteiger partial charge in [-0.1, -0.05) is 17.7 Å². The van der Waals surface area contributed by atoms with Gasteiger partial charge in [0.1, 0.15) is 10.8 Å². The number of anilines is 1. The third-order valence-electron chi connectivity index (χ3n) is 4.13. The van der Waals surface area contributed by atoms with E-state index in [2.05, 4.69) is 15.8 Å². The molecular weight excluding hydrogens is 419 g/mol. The highest BCUT2D eigenvalue weighted by Gasteiger charge is 2.16. The van der Waals surface area contributed by atoms with Crippen LogP contribution in [0.4, 0.5) is 10.1 Å². The highest BCUT2D eigenvalue weighted by atomic mass is 35.5. The summed E-state index contributed by atoms with van der Waals surface area (Å²) in [4.78, 5) is 4.52. The normalized spacial score (nSPS) is 11.7. The molecule has 0 spiro atoms. The number of sulfonamides is 1. The smallest absolute Gasteiger partial charge is 0.261 e. The minimum absolute atomic E-state index is 0.107. The van der Waals surface area contributed by atoms with E-state index in [-0.39, 0.29) is 9.92 Å². The van der Waals surface area contributed by atoms with E-state index in [0.29, 0.717) is 5.69 Å². The molecule has 1 aromatic heterocycles. The topological polar surface area (TPSA) is 59.1 Å². The van der Waals surface area contributed by atoms with Crippen molar-refractivity contribution in [2.75, 3.05) is 4.72 Å². The van der Waals surface area contributed by atoms with Crippen LogP contribution in [0.25, 0.3) is 20.8 Å². The Labute approximate surface area is 170 Å². The number of aromatic nitrogens is 1. The fourth-order valence-corrected chi connectivity index (χ4v) is 5.09. The molecule has 0 aliphatic carbocycles. The van der Waals surface area contributed by atoms with Crippen LogP contribution in [0.1, 0.15) is 5.56 Å². The molecule has 0 saturated heterocycles. The minimum Gasteiger partial charge on any atom is -0.280 e. The Hall–Kier alpha value is -2.48. The number of hydrogen-bond acceptors (Lipinski definition) is 4. The second kappa shape index (κ2) is 7.16. The van der Waals surface area contributed by atoms with Gasteiger partial charge < -0.3 is 0 Å². The number of halogens is 2. The minimum atomic E-state index is -3.87. The van der Waals surface area contributed by atoms with Crippen molar-refractivity contribution in [1.29, 1.82) is 0 Å². The van der Waals surface area contributed by atoms with E-state index in [0.717, 1.165) is 32.9 Å². The molecule has 0 fully saturated rings. The molecule has 3 aromatic carbocycles. The predicted octanol–water partition coefficient (Wildman–Crippen LogP) is 5.87. The zero-order valence-electron chi connectivity index (χ0n) is 14.6. The van der Waals surface area contributed by atoms with Crippen molar-refractivity contribution >= 4 is 48.9 Å². The van der Waals surface area contributed by atoms with Crippen LogP contribution in [0, 0.1) is 12.7 Å². The van der Waals surface area contributed by atoms with Crippen molar-refractivity contribution in [1.82, 2.24) is 4.98 Å². The molecule has 0 unspecified atom stereocenters. The summed E-state index contributed by atoms with van der Waals surface area (Å²) in [5.41, 5.74) is 3.39. The van der Waals surface area contributed by atoms with E-state index in [1.165, 1.54) is 11.6 Å². The fraction of sp³-hybridized carbons (Fsp3) is 0.0500. The van der Waals surface area contributed by atoms with Crippen LogP contribution >= 0.6 is 22.9 Å². The molecule has 142 valence electrons. The highest BCUT2D eigenvalue weighted by molar-refractivity contribution is 7.92. The third-order valence-corrected chi connectivity index (χ3v) is 6.87. The van der Waals surface area contributed by atoms with Gasteiger partial charge in [0.05, 0.1) is 20.1 Å². The molecule has 4 nitrogen and oxygen atoms in total. The Balaban J connectivity index is 1.59. The first-order valence-corrected chi connectivity index (χ1v) is 11.0. The third kappa shape index (κ3) is 3.73. The van der Waals surface area contributed by atoms with E-state index < -0.39 is 15.8 Å². The van der Waals surface area contributed by atoms with Crippen LogP contribution < -0.4 is 4.72 Å². The van der Waals surface area contributed by atoms with Gasteiger partial charge in [-0.3, -0.25) is 4.72 Å². The molecule has 8 heteroatoms. The number of benzene rings is 3. The first kappa shape index (κ1) is 18.9. The molecule has 0 radical (unpaired) electrons. The summed E-state index contributed by atoms with van der Waals surface area (Å²) in [6.07, 6.45) is 0. The van der Waals surface area contributed by atoms with Crippen molar-refractivity contribution in [3.05, 3.63) is 77.1 Å². The van der Waals surface area contributed by atoms with Gasteiger partial charge >= 0.3 is 0 Å². The number of fused-ring (bicyclic) bond motifs is 1. The van der Waals surface area contributed by atoms with Gasteiger partial charge in [0.2, 0.25) is 0 Å². The fourth-order valence-electron chi connectivity index (χ4n) is 2.69. The molecule has 1 N–H and O–H groups in total. The average Bonchev–Trinajstić information content (AvgIpc) is 3.07. The van der Waals surface area contributed by atoms with Gasteiger partial charge in [-0.15, -0.1) is 11.3 Å². The zero-order valence-corrected chi connectivity index (χ0v) is 17.0. The lowest BCUT2D eigenvalue weighted by Gasteiger charge is -2.09. The maximum absolute atomic E-state index is 13.3. The van der Waals surface area contributed by atoms with E-state index in [4.69, 9.17) is 11.6 Å². The van der Waals surface area contributed by atoms with Crippen molar-refractivity contribution in [3.63, 3.8) is 0 Å². The van der Waals surface area contributed by atoms with Crippen LogP contribution in [-0.4, -0.2) is 13.4 Å². The second-order valence-electron chi connectivity index (χ2n) is 6.25. The summed E-state index contributed by atoms with van der Waals surface area (Å²) in [5.74, 6) is -0.670. The average molecular weight is 433 g/mol. The number of thiazole rings is 1. The summed E-state index contributed by atoms with van der Waals surface area (Å²) in [6, 6.07) is 16.3. The highest BCUT2D eigenvalue weighted by Crippen LogP contribution is 2.31. The number of rotatable bonds is 4. The monoisotopic (exact) mass is 432 g/mol. The van der Waals surface area contributed by atoms with Crippen LogP contribution in [0.2, 0.25) is 5.02 Å². The van der Waals surface area contributed by atoms with Crippen molar-refractivity contribution in [3.8, 4) is 10.6 Å². The van der Waals surface area contributed by atoms with Gasteiger partial charge in [-0.25, -0.2) is 17.8 Å². The Kier molecular flexibility index (Phi) is 4.82. The molecule has 0 saturated carbocycles. The van der Waals surface area contributed by atoms with Crippen LogP contribution in [-0.2, 0) is 10.0 Å². The molecule has 0 aliphatic heterocycles. The van der Waals surface area contributed by atoms with Gasteiger partial charge in [0.25, 0.3) is 10.0 Å². The summed E-state index contributed by atoms with van der Waals surface area (Å²) >= 11 is 7.27. The number of hydrogen-bond donors (Lipinski definition) is 1. The number of nitrogens with one attached hydrogen (secondary N) is 1. The summed E-state index contributed by atoms with van der Waals surface area (Å²) in [5, 5.41) is 0.615. The largest absolute Gasteiger partial charge is 0.280 e. The predicted molar refractivity (Wildman–Crippen MR) is 112 cm³/mol. The van der Waals surface area contributed by atoms with Gasteiger partial charge in [0.15, 0.2) is 0 Å². The molecule has 0 aliphatic rings. The number of aryl methyl sites for hydroxylation is 1. The molecule has 4 rings (SSSR count). The van der Waals surface area contributed by atoms with Crippen molar-refractivity contribution in [2.45, 2.75) is 11.8 Å². The van der Waals surface area contributed by atoms with Gasteiger partial charge in [0, 0.05) is 11.3 Å². The number of nitrogens with zero attached hydrogens (tertiary/aromatic N) is 1. The van der Waals surface area contributed by atoms with Crippen LogP contribution in [0.5, 0.6) is 0 Å². The standard InChI is InChI=1S/C20H14ClFN2O2S2/c1-12-2-9-18-19(10-12)27-20(23-18)13-3-5-14(6-4-13)24-28(25,26)15-7-8-17(22)16(21)11-15/h2-11,24H,1H3. The maximum Gasteiger partial charge on any atom is 0.261 e. The lowest BCUT2D eigenvalue weighted by atomic mass is 10.2. The Morgan fingerprint density at radius 2 is 1.79 bits per heavy atom. The summed E-state index contributed by atoms with van der Waals surface area (Å²) in [6.45, 7) is 2.04. The summed E-state index contributed by atoms with van der Waals surface area (Å²) in [7, 11) is -3.87. The summed E-state index contributed by atoms with van der Waals surface area (Å²) < 4.78 is 41.8. The first-order valence-electron chi connectivity index (χ1n) is 8.27. The van der Waals surface area contributed by atoms with Crippen LogP contribution in [0.3, 0.4) is 0 Å². The quantitative estimate of drug-likeness (QED) is 0.439. The second-order valence-corrected chi connectivity index (χ2v) is 9.37. The molecule has 0 bridgehead atoms. The van der Waals surface area contributed by atoms with Crippen LogP contribution in [0.15, 0.2) is 65.6 Å². The van der Waals surface area contributed by atoms with E-state index >= 15 is 0 Å². The van der Waals surface area contributed by atoms with Crippen molar-refractivity contribution < 1.29 is 12.8 Å². The molecular formula is C20H14ClFN2O2S2. The van der Waals surface area contributed by atoms with E-state index in [1.807, 2.05) is 19.1 Å². The maximum atomic E-state index is 13.3. The Morgan fingerprint density at radius 3 is 2.50 bits per heavy atom. The lowest BCUT2D eigenvalue weighted by Crippen LogP contribution is -2.13. The SMILES string of the molecule is Cc1ccc2nc(-c3ccc(NS(=O)(=O)c4ccc(F)c(Cl)c4)cc3)sc2c1. The Bertz CT molecular complexity index is 1290. The van der Waals surface area contributed by atoms with Gasteiger partial charge in [-0.2, -0.15) is 0 Å².